The highest BCUT2D eigenvalue weighted by Gasteiger charge is 2.32. The number of benzene rings is 3. The Hall–Kier alpha value is -4.01. The number of rotatable bonds is 9. The van der Waals surface area contributed by atoms with E-state index in [2.05, 4.69) is 5.32 Å². The van der Waals surface area contributed by atoms with Crippen LogP contribution < -0.4 is 10.1 Å². The van der Waals surface area contributed by atoms with Crippen LogP contribution in [0.2, 0.25) is 0 Å². The fourth-order valence-electron chi connectivity index (χ4n) is 3.93. The van der Waals surface area contributed by atoms with E-state index in [0.29, 0.717) is 22.4 Å². The van der Waals surface area contributed by atoms with Crippen molar-refractivity contribution in [3.63, 3.8) is 0 Å². The number of carbonyl (C=O) groups is 2. The minimum atomic E-state index is -4.59. The molecule has 0 aromatic heterocycles. The number of carboxylic acids is 1. The van der Waals surface area contributed by atoms with Crippen LogP contribution in [0.25, 0.3) is 11.1 Å². The maximum Gasteiger partial charge on any atom is 0.416 e. The minimum absolute atomic E-state index is 0.124. The van der Waals surface area contributed by atoms with E-state index < -0.39 is 23.7 Å². The van der Waals surface area contributed by atoms with Gasteiger partial charge in [0.25, 0.3) is 0 Å². The van der Waals surface area contributed by atoms with Gasteiger partial charge in [0.1, 0.15) is 5.75 Å². The molecule has 0 fully saturated rings. The third-order valence-electron chi connectivity index (χ3n) is 5.69. The van der Waals surface area contributed by atoms with Crippen molar-refractivity contribution in [1.29, 1.82) is 0 Å². The summed E-state index contributed by atoms with van der Waals surface area (Å²) >= 11 is 0. The van der Waals surface area contributed by atoms with Crippen molar-refractivity contribution in [3.05, 3.63) is 89.0 Å². The highest BCUT2D eigenvalue weighted by molar-refractivity contribution is 5.82. The summed E-state index contributed by atoms with van der Waals surface area (Å²) in [5.74, 6) is -0.764. The van der Waals surface area contributed by atoms with E-state index >= 15 is 0 Å². The molecule has 0 aliphatic rings. The van der Waals surface area contributed by atoms with Crippen LogP contribution in [-0.2, 0) is 30.5 Å². The van der Waals surface area contributed by atoms with Gasteiger partial charge in [-0.3, -0.25) is 4.79 Å². The van der Waals surface area contributed by atoms with E-state index in [-0.39, 0.29) is 31.6 Å². The van der Waals surface area contributed by atoms with Crippen LogP contribution in [0.5, 0.6) is 5.75 Å². The topological polar surface area (TPSA) is 78.9 Å². The molecule has 0 saturated heterocycles. The van der Waals surface area contributed by atoms with Gasteiger partial charge < -0.3 is 20.1 Å². The Morgan fingerprint density at radius 2 is 1.72 bits per heavy atom. The van der Waals surface area contributed by atoms with E-state index in [9.17, 15) is 27.9 Å². The summed E-state index contributed by atoms with van der Waals surface area (Å²) < 4.78 is 46.2. The summed E-state index contributed by atoms with van der Waals surface area (Å²) in [7, 11) is 1.41. The molecule has 3 aromatic carbocycles. The molecule has 0 aliphatic carbocycles. The third kappa shape index (κ3) is 6.56. The van der Waals surface area contributed by atoms with Gasteiger partial charge in [-0.05, 0) is 47.4 Å². The van der Waals surface area contributed by atoms with Crippen LogP contribution >= 0.6 is 0 Å². The number of nitrogens with one attached hydrogen (secondary N) is 1. The van der Waals surface area contributed by atoms with Crippen molar-refractivity contribution in [2.24, 2.45) is 0 Å². The molecular formula is C27H27F3N2O4. The first kappa shape index (κ1) is 26.6. The van der Waals surface area contributed by atoms with Crippen molar-refractivity contribution >= 4 is 12.0 Å². The van der Waals surface area contributed by atoms with Crippen LogP contribution in [-0.4, -0.2) is 35.7 Å². The average molecular weight is 501 g/mol. The second kappa shape index (κ2) is 11.6. The van der Waals surface area contributed by atoms with E-state index in [4.69, 9.17) is 4.74 Å². The standard InChI is InChI=1S/C27H27F3N2O4/c1-3-32(26(35)31-16-18-8-5-4-6-9-18)17-20-14-21(27(28,29)30)12-13-22(20)25-19(15-24(33)34)10-7-11-23(25)36-2/h4-14H,3,15-17H2,1-2H3,(H,31,35)(H,33,34). The number of ether oxygens (including phenoxy) is 1. The number of aliphatic carboxylic acids is 1. The molecule has 2 amide bonds. The first-order valence-corrected chi connectivity index (χ1v) is 11.3. The molecule has 0 saturated carbocycles. The lowest BCUT2D eigenvalue weighted by Crippen LogP contribution is -2.39. The Labute approximate surface area is 207 Å². The van der Waals surface area contributed by atoms with Gasteiger partial charge in [0.15, 0.2) is 0 Å². The zero-order valence-corrected chi connectivity index (χ0v) is 19.9. The molecule has 0 bridgehead atoms. The summed E-state index contributed by atoms with van der Waals surface area (Å²) in [6.07, 6.45) is -4.94. The van der Waals surface area contributed by atoms with Crippen LogP contribution in [0, 0.1) is 0 Å². The van der Waals surface area contributed by atoms with Gasteiger partial charge in [-0.15, -0.1) is 0 Å². The third-order valence-corrected chi connectivity index (χ3v) is 5.69. The maximum absolute atomic E-state index is 13.6. The van der Waals surface area contributed by atoms with E-state index in [1.54, 1.807) is 25.1 Å². The Morgan fingerprint density at radius 3 is 2.33 bits per heavy atom. The van der Waals surface area contributed by atoms with Gasteiger partial charge in [-0.1, -0.05) is 48.5 Å². The molecule has 0 heterocycles. The number of amides is 2. The van der Waals surface area contributed by atoms with Gasteiger partial charge in [0.2, 0.25) is 0 Å². The molecule has 190 valence electrons. The highest BCUT2D eigenvalue weighted by atomic mass is 19.4. The molecule has 0 radical (unpaired) electrons. The first-order valence-electron chi connectivity index (χ1n) is 11.3. The zero-order chi connectivity index (χ0) is 26.3. The number of carboxylic acid groups (broad SMARTS) is 1. The molecule has 0 aliphatic heterocycles. The number of nitrogens with zero attached hydrogens (tertiary/aromatic N) is 1. The quantitative estimate of drug-likeness (QED) is 0.393. The predicted octanol–water partition coefficient (Wildman–Crippen LogP) is 5.74. The fraction of sp³-hybridized carbons (Fsp3) is 0.259. The van der Waals surface area contributed by atoms with E-state index in [0.717, 1.165) is 17.7 Å². The second-order valence-electron chi connectivity index (χ2n) is 8.09. The molecule has 0 atom stereocenters. The zero-order valence-electron chi connectivity index (χ0n) is 19.9. The Morgan fingerprint density at radius 1 is 1.00 bits per heavy atom. The number of methoxy groups -OCH3 is 1. The molecule has 3 aromatic rings. The lowest BCUT2D eigenvalue weighted by Gasteiger charge is -2.25. The van der Waals surface area contributed by atoms with Crippen molar-refractivity contribution < 1.29 is 32.6 Å². The molecule has 9 heteroatoms. The summed E-state index contributed by atoms with van der Waals surface area (Å²) in [4.78, 5) is 25.8. The van der Waals surface area contributed by atoms with Gasteiger partial charge in [-0.25, -0.2) is 4.79 Å². The number of alkyl halides is 3. The fourth-order valence-corrected chi connectivity index (χ4v) is 3.93. The summed E-state index contributed by atoms with van der Waals surface area (Å²) in [6, 6.07) is 16.9. The van der Waals surface area contributed by atoms with Crippen molar-refractivity contribution in [1.82, 2.24) is 10.2 Å². The SMILES string of the molecule is CCN(Cc1cc(C(F)(F)F)ccc1-c1c(CC(=O)O)cccc1OC)C(=O)NCc1ccccc1. The minimum Gasteiger partial charge on any atom is -0.496 e. The van der Waals surface area contributed by atoms with Gasteiger partial charge >= 0.3 is 18.2 Å². The van der Waals surface area contributed by atoms with Gasteiger partial charge in [-0.2, -0.15) is 13.2 Å². The number of hydrogen-bond acceptors (Lipinski definition) is 3. The number of hydrogen-bond donors (Lipinski definition) is 2. The lowest BCUT2D eigenvalue weighted by molar-refractivity contribution is -0.138. The molecule has 2 N–H and O–H groups in total. The van der Waals surface area contributed by atoms with Gasteiger partial charge in [0, 0.05) is 25.2 Å². The van der Waals surface area contributed by atoms with Crippen LogP contribution in [0.4, 0.5) is 18.0 Å². The van der Waals surface area contributed by atoms with Crippen molar-refractivity contribution in [2.45, 2.75) is 32.6 Å². The number of carbonyl (C=O) groups excluding carboxylic acids is 1. The Bertz CT molecular complexity index is 1210. The molecular weight excluding hydrogens is 473 g/mol. The van der Waals surface area contributed by atoms with E-state index in [1.165, 1.54) is 18.1 Å². The normalized spacial score (nSPS) is 11.1. The smallest absolute Gasteiger partial charge is 0.416 e. The first-order chi connectivity index (χ1) is 17.1. The van der Waals surface area contributed by atoms with Crippen molar-refractivity contribution in [3.8, 4) is 16.9 Å². The van der Waals surface area contributed by atoms with Gasteiger partial charge in [0.05, 0.1) is 19.1 Å². The Balaban J connectivity index is 2.03. The molecule has 0 unspecified atom stereocenters. The summed E-state index contributed by atoms with van der Waals surface area (Å²) in [6.45, 7) is 2.11. The summed E-state index contributed by atoms with van der Waals surface area (Å²) in [5, 5.41) is 12.2. The van der Waals surface area contributed by atoms with Crippen LogP contribution in [0.3, 0.4) is 0 Å². The molecule has 0 spiro atoms. The second-order valence-corrected chi connectivity index (χ2v) is 8.09. The van der Waals surface area contributed by atoms with Crippen LogP contribution in [0.1, 0.15) is 29.2 Å². The van der Waals surface area contributed by atoms with Crippen LogP contribution in [0.15, 0.2) is 66.7 Å². The monoisotopic (exact) mass is 500 g/mol. The predicted molar refractivity (Wildman–Crippen MR) is 130 cm³/mol. The Kier molecular flexibility index (Phi) is 8.58. The molecule has 6 nitrogen and oxygen atoms in total. The van der Waals surface area contributed by atoms with E-state index in [1.807, 2.05) is 30.3 Å². The lowest BCUT2D eigenvalue weighted by atomic mass is 9.91. The highest BCUT2D eigenvalue weighted by Crippen LogP contribution is 2.39. The average Bonchev–Trinajstić information content (AvgIpc) is 2.85. The molecule has 3 rings (SSSR count). The number of halogens is 3. The number of urea groups is 1. The maximum atomic E-state index is 13.6. The van der Waals surface area contributed by atoms with Crippen molar-refractivity contribution in [2.75, 3.05) is 13.7 Å². The molecule has 36 heavy (non-hydrogen) atoms. The largest absolute Gasteiger partial charge is 0.496 e. The summed E-state index contributed by atoms with van der Waals surface area (Å²) in [5.41, 5.74) is 1.38.